The van der Waals surface area contributed by atoms with Crippen LogP contribution >= 0.6 is 0 Å². The van der Waals surface area contributed by atoms with Gasteiger partial charge >= 0.3 is 29.6 Å². The predicted molar refractivity (Wildman–Crippen MR) is 89.1 cm³/mol. The van der Waals surface area contributed by atoms with Crippen LogP contribution < -0.4 is 29.6 Å². The fraction of sp³-hybridized carbons (Fsp3) is 0.444. The Morgan fingerprint density at radius 1 is 0.913 bits per heavy atom. The molecule has 0 saturated heterocycles. The summed E-state index contributed by atoms with van der Waals surface area (Å²) in [6.45, 7) is 4.23. The average Bonchev–Trinajstić information content (AvgIpc) is 2.49. The Hall–Kier alpha value is -0.390. The summed E-state index contributed by atoms with van der Waals surface area (Å²) in [5, 5.41) is 1.55. The maximum absolute atomic E-state index is 11.6. The molecule has 23 heavy (non-hydrogen) atoms. The normalized spacial score (nSPS) is 11.4. The van der Waals surface area contributed by atoms with Crippen LogP contribution in [-0.2, 0) is 23.0 Å². The summed E-state index contributed by atoms with van der Waals surface area (Å²) in [6.07, 6.45) is 5.86. The molecule has 2 rings (SSSR count). The van der Waals surface area contributed by atoms with Gasteiger partial charge in [-0.1, -0.05) is 51.0 Å². The monoisotopic (exact) mass is 342 g/mol. The van der Waals surface area contributed by atoms with Gasteiger partial charge in [-0.05, 0) is 48.3 Å². The van der Waals surface area contributed by atoms with Gasteiger partial charge < -0.3 is 4.55 Å². The van der Waals surface area contributed by atoms with Crippen LogP contribution in [0, 0.1) is 0 Å². The van der Waals surface area contributed by atoms with E-state index in [0.717, 1.165) is 55.0 Å². The fourth-order valence-electron chi connectivity index (χ4n) is 2.87. The molecular weight excluding hydrogens is 319 g/mol. The molecule has 0 spiro atoms. The number of benzene rings is 2. The molecule has 0 aromatic heterocycles. The van der Waals surface area contributed by atoms with E-state index in [9.17, 15) is 13.0 Å². The van der Waals surface area contributed by atoms with Crippen molar-refractivity contribution in [2.75, 3.05) is 0 Å². The van der Waals surface area contributed by atoms with Crippen LogP contribution in [0.15, 0.2) is 35.2 Å². The number of fused-ring (bicyclic) bond motifs is 1. The molecule has 0 heterocycles. The zero-order valence-corrected chi connectivity index (χ0v) is 17.1. The summed E-state index contributed by atoms with van der Waals surface area (Å²) in [5.74, 6) is 0. The van der Waals surface area contributed by atoms with Crippen LogP contribution in [0.25, 0.3) is 10.8 Å². The third-order valence-corrected chi connectivity index (χ3v) is 4.93. The minimum atomic E-state index is -4.46. The van der Waals surface area contributed by atoms with E-state index in [0.29, 0.717) is 5.39 Å². The summed E-state index contributed by atoms with van der Waals surface area (Å²) in [6, 6.07) is 9.13. The first-order valence-electron chi connectivity index (χ1n) is 7.98. The standard InChI is InChI=1S/C18H24O3S.Na/c1-3-5-8-14-12-13-15(9-6-4-2)18-16(14)10-7-11-17(18)22(19,20)21;/h7,10-13H,3-6,8-9H2,1-2H3,(H,19,20,21);/q;+1/p-1. The van der Waals surface area contributed by atoms with Gasteiger partial charge in [0, 0.05) is 5.39 Å². The summed E-state index contributed by atoms with van der Waals surface area (Å²) in [4.78, 5) is -0.0746. The molecular formula is C18H23NaO3S. The van der Waals surface area contributed by atoms with E-state index in [-0.39, 0.29) is 34.5 Å². The minimum Gasteiger partial charge on any atom is -0.744 e. The summed E-state index contributed by atoms with van der Waals surface area (Å²) in [5.41, 5.74) is 2.09. The van der Waals surface area contributed by atoms with Crippen LogP contribution in [-0.4, -0.2) is 13.0 Å². The van der Waals surface area contributed by atoms with Crippen LogP contribution in [0.3, 0.4) is 0 Å². The van der Waals surface area contributed by atoms with Gasteiger partial charge in [-0.25, -0.2) is 8.42 Å². The maximum atomic E-state index is 11.6. The van der Waals surface area contributed by atoms with Crippen molar-refractivity contribution in [3.8, 4) is 0 Å². The Labute approximate surface area is 161 Å². The molecule has 0 amide bonds. The van der Waals surface area contributed by atoms with Crippen molar-refractivity contribution in [1.29, 1.82) is 0 Å². The number of aryl methyl sites for hydroxylation is 2. The molecule has 0 radical (unpaired) electrons. The quantitative estimate of drug-likeness (QED) is 0.565. The van der Waals surface area contributed by atoms with Crippen molar-refractivity contribution in [2.24, 2.45) is 0 Å². The van der Waals surface area contributed by atoms with Crippen molar-refractivity contribution in [2.45, 2.75) is 57.3 Å². The van der Waals surface area contributed by atoms with Gasteiger partial charge in [0.25, 0.3) is 0 Å². The molecule has 0 aliphatic carbocycles. The average molecular weight is 342 g/mol. The van der Waals surface area contributed by atoms with Crippen LogP contribution in [0.5, 0.6) is 0 Å². The van der Waals surface area contributed by atoms with Gasteiger partial charge in [-0.2, -0.15) is 0 Å². The third-order valence-electron chi connectivity index (χ3n) is 4.05. The van der Waals surface area contributed by atoms with Gasteiger partial charge in [0.05, 0.1) is 4.90 Å². The summed E-state index contributed by atoms with van der Waals surface area (Å²) < 4.78 is 34.9. The first-order chi connectivity index (χ1) is 10.5. The molecule has 0 aliphatic rings. The first-order valence-corrected chi connectivity index (χ1v) is 9.39. The molecule has 0 fully saturated rings. The van der Waals surface area contributed by atoms with Crippen molar-refractivity contribution < 1.29 is 42.5 Å². The van der Waals surface area contributed by atoms with Gasteiger partial charge in [-0.3, -0.25) is 0 Å². The Morgan fingerprint density at radius 2 is 1.48 bits per heavy atom. The van der Waals surface area contributed by atoms with E-state index in [2.05, 4.69) is 19.9 Å². The predicted octanol–water partition coefficient (Wildman–Crippen LogP) is 1.43. The molecule has 120 valence electrons. The van der Waals surface area contributed by atoms with Crippen molar-refractivity contribution in [3.05, 3.63) is 41.5 Å². The maximum Gasteiger partial charge on any atom is 1.00 e. The van der Waals surface area contributed by atoms with E-state index < -0.39 is 10.1 Å². The number of hydrogen-bond acceptors (Lipinski definition) is 3. The van der Waals surface area contributed by atoms with E-state index in [1.165, 1.54) is 6.07 Å². The smallest absolute Gasteiger partial charge is 0.744 e. The van der Waals surface area contributed by atoms with Crippen LogP contribution in [0.4, 0.5) is 0 Å². The largest absolute Gasteiger partial charge is 1.00 e. The molecule has 5 heteroatoms. The second kappa shape index (κ2) is 9.19. The Morgan fingerprint density at radius 3 is 2.04 bits per heavy atom. The van der Waals surface area contributed by atoms with E-state index >= 15 is 0 Å². The van der Waals surface area contributed by atoms with Gasteiger partial charge in [-0.15, -0.1) is 0 Å². The molecule has 0 aliphatic heterocycles. The summed E-state index contributed by atoms with van der Waals surface area (Å²) >= 11 is 0. The molecule has 0 bridgehead atoms. The van der Waals surface area contributed by atoms with E-state index in [1.807, 2.05) is 12.1 Å². The zero-order chi connectivity index (χ0) is 16.2. The molecule has 0 saturated carbocycles. The number of rotatable bonds is 7. The van der Waals surface area contributed by atoms with Crippen molar-refractivity contribution in [3.63, 3.8) is 0 Å². The number of hydrogen-bond donors (Lipinski definition) is 0. The zero-order valence-electron chi connectivity index (χ0n) is 14.3. The molecule has 3 nitrogen and oxygen atoms in total. The van der Waals surface area contributed by atoms with E-state index in [1.54, 1.807) is 6.07 Å². The molecule has 0 atom stereocenters. The van der Waals surface area contributed by atoms with Crippen LogP contribution in [0.1, 0.15) is 50.7 Å². The fourth-order valence-corrected chi connectivity index (χ4v) is 3.61. The van der Waals surface area contributed by atoms with Crippen molar-refractivity contribution in [1.82, 2.24) is 0 Å². The Balaban J connectivity index is 0.00000264. The van der Waals surface area contributed by atoms with E-state index in [4.69, 9.17) is 0 Å². The molecule has 2 aromatic carbocycles. The molecule has 2 aromatic rings. The van der Waals surface area contributed by atoms with Gasteiger partial charge in [0.15, 0.2) is 0 Å². The second-order valence-corrected chi connectivity index (χ2v) is 7.07. The second-order valence-electron chi connectivity index (χ2n) is 5.72. The van der Waals surface area contributed by atoms with Crippen LogP contribution in [0.2, 0.25) is 0 Å². The minimum absolute atomic E-state index is 0. The Bertz CT molecular complexity index is 754. The topological polar surface area (TPSA) is 57.2 Å². The third kappa shape index (κ3) is 5.04. The number of unbranched alkanes of at least 4 members (excludes halogenated alkanes) is 2. The Kier molecular flexibility index (Phi) is 8.25. The van der Waals surface area contributed by atoms with Gasteiger partial charge in [0.1, 0.15) is 10.1 Å². The van der Waals surface area contributed by atoms with Crippen molar-refractivity contribution >= 4 is 20.9 Å². The SMILES string of the molecule is CCCCc1ccc(CCCC)c2c(S(=O)(=O)[O-])cccc12.[Na+]. The molecule has 0 unspecified atom stereocenters. The first kappa shape index (κ1) is 20.7. The van der Waals surface area contributed by atoms with Gasteiger partial charge in [0.2, 0.25) is 0 Å². The molecule has 0 N–H and O–H groups in total. The summed E-state index contributed by atoms with van der Waals surface area (Å²) in [7, 11) is -4.46.